The van der Waals surface area contributed by atoms with Crippen LogP contribution in [0, 0.1) is 11.3 Å². The summed E-state index contributed by atoms with van der Waals surface area (Å²) in [6.07, 6.45) is 11.0. The Kier molecular flexibility index (Phi) is 4.26. The van der Waals surface area contributed by atoms with Gasteiger partial charge in [0.05, 0.1) is 0 Å². The third kappa shape index (κ3) is 2.98. The lowest BCUT2D eigenvalue weighted by Gasteiger charge is -2.39. The van der Waals surface area contributed by atoms with Crippen LogP contribution in [0.15, 0.2) is 0 Å². The van der Waals surface area contributed by atoms with Gasteiger partial charge >= 0.3 is 0 Å². The minimum atomic E-state index is 0.426. The average molecular weight is 224 g/mol. The molecule has 0 aliphatic heterocycles. The van der Waals surface area contributed by atoms with Gasteiger partial charge in [0.1, 0.15) is 0 Å². The fourth-order valence-corrected chi connectivity index (χ4v) is 3.32. The van der Waals surface area contributed by atoms with Crippen LogP contribution in [-0.2, 0) is 0 Å². The van der Waals surface area contributed by atoms with E-state index in [4.69, 9.17) is 5.73 Å². The molecule has 0 heterocycles. The highest BCUT2D eigenvalue weighted by molar-refractivity contribution is 4.89. The van der Waals surface area contributed by atoms with E-state index in [1.807, 2.05) is 0 Å². The lowest BCUT2D eigenvalue weighted by Crippen LogP contribution is -2.45. The van der Waals surface area contributed by atoms with Crippen LogP contribution >= 0.6 is 0 Å². The number of hydrogen-bond acceptors (Lipinski definition) is 2. The van der Waals surface area contributed by atoms with Crippen molar-refractivity contribution < 1.29 is 0 Å². The molecule has 2 aliphatic carbocycles. The first kappa shape index (κ1) is 12.4. The van der Waals surface area contributed by atoms with Gasteiger partial charge in [0.15, 0.2) is 0 Å². The van der Waals surface area contributed by atoms with Crippen LogP contribution in [0.3, 0.4) is 0 Å². The first-order valence-electron chi connectivity index (χ1n) is 7.18. The number of rotatable bonds is 4. The molecule has 2 heteroatoms. The molecule has 0 amide bonds. The van der Waals surface area contributed by atoms with E-state index in [0.29, 0.717) is 5.41 Å². The van der Waals surface area contributed by atoms with Crippen molar-refractivity contribution in [2.24, 2.45) is 17.1 Å². The second-order valence-electron chi connectivity index (χ2n) is 6.25. The van der Waals surface area contributed by atoms with Crippen molar-refractivity contribution in [1.82, 2.24) is 5.32 Å². The van der Waals surface area contributed by atoms with Crippen LogP contribution in [-0.4, -0.2) is 19.1 Å². The molecular formula is C14H28N2. The Labute approximate surface area is 100 Å². The Morgan fingerprint density at radius 1 is 1.12 bits per heavy atom. The van der Waals surface area contributed by atoms with Crippen molar-refractivity contribution in [2.75, 3.05) is 13.1 Å². The minimum Gasteiger partial charge on any atom is -0.330 e. The molecule has 0 radical (unpaired) electrons. The maximum atomic E-state index is 6.03. The van der Waals surface area contributed by atoms with Crippen LogP contribution in [0.1, 0.15) is 58.3 Å². The van der Waals surface area contributed by atoms with Gasteiger partial charge in [0.25, 0.3) is 0 Å². The van der Waals surface area contributed by atoms with Crippen molar-refractivity contribution in [2.45, 2.75) is 64.3 Å². The molecule has 2 aliphatic rings. The molecule has 16 heavy (non-hydrogen) atoms. The number of nitrogens with two attached hydrogens (primary N) is 1. The van der Waals surface area contributed by atoms with Gasteiger partial charge in [-0.05, 0) is 43.6 Å². The molecule has 2 fully saturated rings. The zero-order valence-corrected chi connectivity index (χ0v) is 10.8. The fraction of sp³-hybridized carbons (Fsp3) is 1.00. The maximum absolute atomic E-state index is 6.03. The average Bonchev–Trinajstić information content (AvgIpc) is 2.82. The maximum Gasteiger partial charge on any atom is 0.00673 e. The summed E-state index contributed by atoms with van der Waals surface area (Å²) in [5.74, 6) is 0.922. The number of hydrogen-bond donors (Lipinski definition) is 2. The summed E-state index contributed by atoms with van der Waals surface area (Å²) in [6, 6.07) is 0.794. The number of nitrogens with one attached hydrogen (secondary N) is 1. The molecule has 0 saturated heterocycles. The molecule has 94 valence electrons. The highest BCUT2D eigenvalue weighted by Crippen LogP contribution is 2.37. The van der Waals surface area contributed by atoms with Gasteiger partial charge in [0.2, 0.25) is 0 Å². The van der Waals surface area contributed by atoms with Crippen LogP contribution in [0.5, 0.6) is 0 Å². The molecule has 0 aromatic rings. The Balaban J connectivity index is 1.79. The summed E-state index contributed by atoms with van der Waals surface area (Å²) < 4.78 is 0. The van der Waals surface area contributed by atoms with Gasteiger partial charge in [0, 0.05) is 12.6 Å². The van der Waals surface area contributed by atoms with Crippen molar-refractivity contribution in [3.8, 4) is 0 Å². The molecule has 0 atom stereocenters. The molecule has 0 aromatic carbocycles. The molecule has 2 nitrogen and oxygen atoms in total. The predicted molar refractivity (Wildman–Crippen MR) is 69.4 cm³/mol. The Bertz CT molecular complexity index is 201. The molecule has 0 bridgehead atoms. The van der Waals surface area contributed by atoms with Crippen LogP contribution in [0.25, 0.3) is 0 Å². The Morgan fingerprint density at radius 2 is 1.75 bits per heavy atom. The van der Waals surface area contributed by atoms with E-state index in [-0.39, 0.29) is 0 Å². The lowest BCUT2D eigenvalue weighted by atomic mass is 9.70. The van der Waals surface area contributed by atoms with E-state index < -0.39 is 0 Å². The first-order chi connectivity index (χ1) is 7.74. The Hall–Kier alpha value is -0.0800. The zero-order chi connectivity index (χ0) is 11.4. The second-order valence-corrected chi connectivity index (χ2v) is 6.25. The molecular weight excluding hydrogens is 196 g/mol. The third-order valence-electron chi connectivity index (χ3n) is 4.89. The van der Waals surface area contributed by atoms with Gasteiger partial charge in [-0.3, -0.25) is 0 Å². The topological polar surface area (TPSA) is 38.0 Å². The summed E-state index contributed by atoms with van der Waals surface area (Å²) in [7, 11) is 0. The molecule has 2 rings (SSSR count). The van der Waals surface area contributed by atoms with Gasteiger partial charge < -0.3 is 11.1 Å². The summed E-state index contributed by atoms with van der Waals surface area (Å²) in [4.78, 5) is 0. The lowest BCUT2D eigenvalue weighted by molar-refractivity contribution is 0.154. The molecule has 3 N–H and O–H groups in total. The zero-order valence-electron chi connectivity index (χ0n) is 10.8. The molecule has 0 aromatic heterocycles. The van der Waals surface area contributed by atoms with E-state index in [1.165, 1.54) is 57.9 Å². The third-order valence-corrected chi connectivity index (χ3v) is 4.89. The van der Waals surface area contributed by atoms with Gasteiger partial charge in [-0.2, -0.15) is 0 Å². The highest BCUT2D eigenvalue weighted by Gasteiger charge is 2.33. The van der Waals surface area contributed by atoms with E-state index in [2.05, 4.69) is 12.2 Å². The standard InChI is InChI=1S/C14H28N2/c1-12-6-8-14(10-15,9-7-12)11-16-13-4-2-3-5-13/h12-13,16H,2-11,15H2,1H3. The normalized spacial score (nSPS) is 36.8. The molecule has 0 spiro atoms. The first-order valence-corrected chi connectivity index (χ1v) is 7.18. The summed E-state index contributed by atoms with van der Waals surface area (Å²) in [6.45, 7) is 4.42. The monoisotopic (exact) mass is 224 g/mol. The van der Waals surface area contributed by atoms with Gasteiger partial charge in [-0.1, -0.05) is 32.6 Å². The van der Waals surface area contributed by atoms with Gasteiger partial charge in [-0.15, -0.1) is 0 Å². The molecule has 2 saturated carbocycles. The van der Waals surface area contributed by atoms with E-state index in [0.717, 1.165) is 18.5 Å². The van der Waals surface area contributed by atoms with Crippen molar-refractivity contribution >= 4 is 0 Å². The van der Waals surface area contributed by atoms with Crippen LogP contribution < -0.4 is 11.1 Å². The van der Waals surface area contributed by atoms with E-state index >= 15 is 0 Å². The summed E-state index contributed by atoms with van der Waals surface area (Å²) in [5, 5.41) is 3.78. The second kappa shape index (κ2) is 5.50. The summed E-state index contributed by atoms with van der Waals surface area (Å²) >= 11 is 0. The van der Waals surface area contributed by atoms with E-state index in [1.54, 1.807) is 0 Å². The largest absolute Gasteiger partial charge is 0.330 e. The highest BCUT2D eigenvalue weighted by atomic mass is 14.9. The van der Waals surface area contributed by atoms with Crippen molar-refractivity contribution in [1.29, 1.82) is 0 Å². The van der Waals surface area contributed by atoms with Crippen molar-refractivity contribution in [3.05, 3.63) is 0 Å². The predicted octanol–water partition coefficient (Wildman–Crippen LogP) is 2.67. The van der Waals surface area contributed by atoms with Crippen molar-refractivity contribution in [3.63, 3.8) is 0 Å². The minimum absolute atomic E-state index is 0.426. The quantitative estimate of drug-likeness (QED) is 0.770. The van der Waals surface area contributed by atoms with Gasteiger partial charge in [-0.25, -0.2) is 0 Å². The Morgan fingerprint density at radius 3 is 2.31 bits per heavy atom. The van der Waals surface area contributed by atoms with Crippen LogP contribution in [0.4, 0.5) is 0 Å². The fourth-order valence-electron chi connectivity index (χ4n) is 3.32. The SMILES string of the molecule is CC1CCC(CN)(CNC2CCCC2)CC1. The van der Waals surface area contributed by atoms with Crippen LogP contribution in [0.2, 0.25) is 0 Å². The molecule has 0 unspecified atom stereocenters. The smallest absolute Gasteiger partial charge is 0.00673 e. The summed E-state index contributed by atoms with van der Waals surface area (Å²) in [5.41, 5.74) is 6.45. The van der Waals surface area contributed by atoms with E-state index in [9.17, 15) is 0 Å².